The molecule has 9 heteroatoms. The van der Waals surface area contributed by atoms with Crippen molar-refractivity contribution in [3.63, 3.8) is 0 Å². The zero-order chi connectivity index (χ0) is 19.8. The van der Waals surface area contributed by atoms with E-state index in [0.29, 0.717) is 14.5 Å². The molecule has 1 saturated heterocycles. The largest absolute Gasteiger partial charge is 0.325 e. The van der Waals surface area contributed by atoms with E-state index in [4.69, 9.17) is 0 Å². The summed E-state index contributed by atoms with van der Waals surface area (Å²) in [6.07, 6.45) is 0. The molecule has 0 aliphatic carbocycles. The quantitative estimate of drug-likeness (QED) is 0.630. The number of rotatable bonds is 4. The van der Waals surface area contributed by atoms with E-state index in [1.54, 1.807) is 37.3 Å². The summed E-state index contributed by atoms with van der Waals surface area (Å²) in [6, 6.07) is 10.5. The molecule has 2 aromatic carbocycles. The number of hydrogen-bond donors (Lipinski definition) is 2. The van der Waals surface area contributed by atoms with Crippen LogP contribution in [0.25, 0.3) is 0 Å². The lowest BCUT2D eigenvalue weighted by atomic mass is 9.92. The highest BCUT2D eigenvalue weighted by molar-refractivity contribution is 9.10. The van der Waals surface area contributed by atoms with E-state index in [-0.39, 0.29) is 5.69 Å². The maximum atomic E-state index is 13.9. The second kappa shape index (κ2) is 7.40. The van der Waals surface area contributed by atoms with Crippen LogP contribution in [0, 0.1) is 5.82 Å². The van der Waals surface area contributed by atoms with Crippen molar-refractivity contribution in [3.8, 4) is 0 Å². The Balaban J connectivity index is 1.78. The second-order valence-corrected chi connectivity index (χ2v) is 7.87. The normalized spacial score (nSPS) is 19.2. The molecular formula is C18H14Br2FN3O3. The van der Waals surface area contributed by atoms with Gasteiger partial charge in [-0.15, -0.1) is 0 Å². The molecule has 0 radical (unpaired) electrons. The van der Waals surface area contributed by atoms with Gasteiger partial charge in [-0.2, -0.15) is 0 Å². The van der Waals surface area contributed by atoms with Gasteiger partial charge in [-0.1, -0.05) is 50.1 Å². The van der Waals surface area contributed by atoms with Gasteiger partial charge in [0.25, 0.3) is 5.91 Å². The monoisotopic (exact) mass is 497 g/mol. The molecule has 1 aliphatic heterocycles. The number of nitrogens with zero attached hydrogens (tertiary/aromatic N) is 1. The number of anilines is 1. The van der Waals surface area contributed by atoms with Gasteiger partial charge < -0.3 is 10.6 Å². The first-order chi connectivity index (χ1) is 12.7. The first-order valence-electron chi connectivity index (χ1n) is 7.86. The van der Waals surface area contributed by atoms with E-state index in [2.05, 4.69) is 42.5 Å². The van der Waals surface area contributed by atoms with Crippen LogP contribution in [-0.4, -0.2) is 29.3 Å². The van der Waals surface area contributed by atoms with E-state index >= 15 is 0 Å². The number of hydrogen-bond acceptors (Lipinski definition) is 3. The van der Waals surface area contributed by atoms with Gasteiger partial charge in [-0.05, 0) is 31.2 Å². The number of nitrogens with one attached hydrogen (secondary N) is 2. The summed E-state index contributed by atoms with van der Waals surface area (Å²) in [5, 5.41) is 4.99. The van der Waals surface area contributed by atoms with Gasteiger partial charge in [0.1, 0.15) is 17.9 Å². The van der Waals surface area contributed by atoms with Gasteiger partial charge in [0.2, 0.25) is 5.91 Å². The molecule has 0 spiro atoms. The Morgan fingerprint density at radius 3 is 2.59 bits per heavy atom. The van der Waals surface area contributed by atoms with Crippen molar-refractivity contribution in [1.82, 2.24) is 10.2 Å². The Hall–Kier alpha value is -2.26. The highest BCUT2D eigenvalue weighted by Crippen LogP contribution is 2.33. The maximum absolute atomic E-state index is 13.9. The Labute approximate surface area is 171 Å². The maximum Gasteiger partial charge on any atom is 0.325 e. The fourth-order valence-corrected chi connectivity index (χ4v) is 3.83. The van der Waals surface area contributed by atoms with Crippen molar-refractivity contribution in [2.24, 2.45) is 0 Å². The predicted octanol–water partition coefficient (Wildman–Crippen LogP) is 3.76. The fourth-order valence-electron chi connectivity index (χ4n) is 2.81. The lowest BCUT2D eigenvalue weighted by Gasteiger charge is -2.23. The summed E-state index contributed by atoms with van der Waals surface area (Å²) in [5.41, 5.74) is -0.769. The third-order valence-corrected chi connectivity index (χ3v) is 5.38. The minimum atomic E-state index is -1.31. The molecule has 6 nitrogen and oxygen atoms in total. The second-order valence-electron chi connectivity index (χ2n) is 6.10. The summed E-state index contributed by atoms with van der Waals surface area (Å²) < 4.78 is 15.0. The van der Waals surface area contributed by atoms with E-state index in [1.165, 1.54) is 12.1 Å². The number of urea groups is 1. The van der Waals surface area contributed by atoms with Crippen molar-refractivity contribution in [3.05, 3.63) is 62.8 Å². The molecule has 0 aromatic heterocycles. The molecule has 2 N–H and O–H groups in total. The molecule has 0 bridgehead atoms. The molecular weight excluding hydrogens is 485 g/mol. The summed E-state index contributed by atoms with van der Waals surface area (Å²) in [7, 11) is 0. The van der Waals surface area contributed by atoms with E-state index in [1.807, 2.05) is 0 Å². The van der Waals surface area contributed by atoms with E-state index in [0.717, 1.165) is 4.90 Å². The van der Waals surface area contributed by atoms with Crippen molar-refractivity contribution in [2.45, 2.75) is 12.5 Å². The van der Waals surface area contributed by atoms with Crippen LogP contribution in [0.5, 0.6) is 0 Å². The number of benzene rings is 2. The summed E-state index contributed by atoms with van der Waals surface area (Å²) in [5.74, 6) is -1.88. The smallest absolute Gasteiger partial charge is 0.322 e. The molecule has 1 aliphatic rings. The minimum Gasteiger partial charge on any atom is -0.322 e. The first kappa shape index (κ1) is 19.5. The highest BCUT2D eigenvalue weighted by Gasteiger charge is 2.50. The van der Waals surface area contributed by atoms with E-state index in [9.17, 15) is 18.8 Å². The van der Waals surface area contributed by atoms with Crippen LogP contribution in [0.15, 0.2) is 51.4 Å². The Kier molecular flexibility index (Phi) is 5.34. The zero-order valence-corrected chi connectivity index (χ0v) is 17.2. The lowest BCUT2D eigenvalue weighted by molar-refractivity contribution is -0.133. The van der Waals surface area contributed by atoms with Gasteiger partial charge in [-0.25, -0.2) is 9.18 Å². The summed E-state index contributed by atoms with van der Waals surface area (Å²) in [4.78, 5) is 38.2. The van der Waals surface area contributed by atoms with Crippen molar-refractivity contribution >= 4 is 55.4 Å². The molecule has 2 aromatic rings. The Bertz CT molecular complexity index is 953. The molecule has 1 atom stereocenters. The van der Waals surface area contributed by atoms with Gasteiger partial charge in [0.15, 0.2) is 0 Å². The standard InChI is InChI=1S/C18H14Br2FN3O3/c1-18(11-4-2-3-5-12(11)20)16(26)24(17(27)23-18)9-15(25)22-14-7-6-10(19)8-13(14)21/h2-8H,9H2,1H3,(H,22,25)(H,23,27)/t18-/m0/s1. The average Bonchev–Trinajstić information content (AvgIpc) is 2.82. The molecule has 1 heterocycles. The average molecular weight is 499 g/mol. The van der Waals surface area contributed by atoms with Crippen LogP contribution in [0.3, 0.4) is 0 Å². The SMILES string of the molecule is C[C@@]1(c2ccccc2Br)NC(=O)N(CC(=O)Nc2ccc(Br)cc2F)C1=O. The molecule has 140 valence electrons. The molecule has 0 saturated carbocycles. The van der Waals surface area contributed by atoms with Crippen molar-refractivity contribution in [1.29, 1.82) is 0 Å². The number of imide groups is 1. The molecule has 27 heavy (non-hydrogen) atoms. The van der Waals surface area contributed by atoms with Crippen LogP contribution in [0.4, 0.5) is 14.9 Å². The third kappa shape index (κ3) is 3.74. The lowest BCUT2D eigenvalue weighted by Crippen LogP contribution is -2.42. The number of amides is 4. The molecule has 0 unspecified atom stereocenters. The topological polar surface area (TPSA) is 78.5 Å². The van der Waals surface area contributed by atoms with Gasteiger partial charge in [0.05, 0.1) is 5.69 Å². The Morgan fingerprint density at radius 2 is 1.93 bits per heavy atom. The molecule has 3 rings (SSSR count). The number of carbonyl (C=O) groups excluding carboxylic acids is 3. The van der Waals surface area contributed by atoms with Crippen LogP contribution in [-0.2, 0) is 15.1 Å². The van der Waals surface area contributed by atoms with Crippen LogP contribution < -0.4 is 10.6 Å². The molecule has 4 amide bonds. The molecule has 1 fully saturated rings. The van der Waals surface area contributed by atoms with Gasteiger partial charge >= 0.3 is 6.03 Å². The minimum absolute atomic E-state index is 0.0381. The predicted molar refractivity (Wildman–Crippen MR) is 104 cm³/mol. The highest BCUT2D eigenvalue weighted by atomic mass is 79.9. The van der Waals surface area contributed by atoms with Crippen molar-refractivity contribution < 1.29 is 18.8 Å². The third-order valence-electron chi connectivity index (χ3n) is 4.19. The van der Waals surface area contributed by atoms with Crippen LogP contribution >= 0.6 is 31.9 Å². The first-order valence-corrected chi connectivity index (χ1v) is 9.45. The zero-order valence-electron chi connectivity index (χ0n) is 14.1. The summed E-state index contributed by atoms with van der Waals surface area (Å²) >= 11 is 6.50. The van der Waals surface area contributed by atoms with Gasteiger partial charge in [-0.3, -0.25) is 14.5 Å². The van der Waals surface area contributed by atoms with E-state index < -0.39 is 35.7 Å². The number of carbonyl (C=O) groups is 3. The van der Waals surface area contributed by atoms with Crippen LogP contribution in [0.2, 0.25) is 0 Å². The van der Waals surface area contributed by atoms with Crippen LogP contribution in [0.1, 0.15) is 12.5 Å². The van der Waals surface area contributed by atoms with Gasteiger partial charge in [0, 0.05) is 14.5 Å². The Morgan fingerprint density at radius 1 is 1.22 bits per heavy atom. The number of halogens is 3. The fraction of sp³-hybridized carbons (Fsp3) is 0.167. The van der Waals surface area contributed by atoms with Crippen molar-refractivity contribution in [2.75, 3.05) is 11.9 Å². The summed E-state index contributed by atoms with van der Waals surface area (Å²) in [6.45, 7) is 1.04.